The van der Waals surface area contributed by atoms with Crippen molar-refractivity contribution >= 4 is 5.78 Å². The van der Waals surface area contributed by atoms with Gasteiger partial charge in [-0.25, -0.2) is 0 Å². The van der Waals surface area contributed by atoms with Gasteiger partial charge in [0.15, 0.2) is 0 Å². The van der Waals surface area contributed by atoms with E-state index in [1.54, 1.807) is 0 Å². The molecular formula is C30H46O2. The van der Waals surface area contributed by atoms with Crippen molar-refractivity contribution in [3.05, 3.63) is 0 Å². The molecule has 5 aliphatic carbocycles. The molecule has 10 atom stereocenters. The molecule has 0 N–H and O–H groups in total. The van der Waals surface area contributed by atoms with Crippen LogP contribution in [0.5, 0.6) is 0 Å². The molecule has 178 valence electrons. The molecule has 7 fully saturated rings. The number of fused-ring (bicyclic) bond motifs is 8. The monoisotopic (exact) mass is 438 g/mol. The molecule has 2 aliphatic heterocycles. The third-order valence-corrected chi connectivity index (χ3v) is 14.4. The van der Waals surface area contributed by atoms with Crippen LogP contribution in [-0.4, -0.2) is 17.5 Å². The number of hydrogen-bond donors (Lipinski definition) is 0. The fourth-order valence-electron chi connectivity index (χ4n) is 12.8. The molecule has 2 saturated heterocycles. The number of rotatable bonds is 0. The van der Waals surface area contributed by atoms with Gasteiger partial charge >= 0.3 is 0 Å². The fourth-order valence-corrected chi connectivity index (χ4v) is 12.8. The maximum Gasteiger partial charge on any atom is 0.138 e. The topological polar surface area (TPSA) is 26.3 Å². The second-order valence-electron chi connectivity index (χ2n) is 15.9. The fraction of sp³-hybridized carbons (Fsp3) is 0.967. The maximum absolute atomic E-state index is 12.9. The van der Waals surface area contributed by atoms with Gasteiger partial charge in [0.25, 0.3) is 0 Å². The zero-order valence-corrected chi connectivity index (χ0v) is 21.8. The zero-order chi connectivity index (χ0) is 22.7. The van der Waals surface area contributed by atoms with E-state index in [1.807, 2.05) is 0 Å². The van der Waals surface area contributed by atoms with E-state index < -0.39 is 0 Å². The average Bonchev–Trinajstić information content (AvgIpc) is 3.10. The largest absolute Gasteiger partial charge is 0.370 e. The molecule has 0 aromatic heterocycles. The number of Topliss-reactive ketones (excluding diaryl/α,β-unsaturated/α-hetero) is 1. The van der Waals surface area contributed by atoms with Gasteiger partial charge in [-0.2, -0.15) is 0 Å². The number of ether oxygens (including phenoxy) is 1. The van der Waals surface area contributed by atoms with Crippen LogP contribution in [0.4, 0.5) is 0 Å². The van der Waals surface area contributed by atoms with Gasteiger partial charge in [-0.15, -0.1) is 0 Å². The minimum Gasteiger partial charge on any atom is -0.370 e. The van der Waals surface area contributed by atoms with Gasteiger partial charge in [0.05, 0.1) is 11.7 Å². The Bertz CT molecular complexity index is 918. The van der Waals surface area contributed by atoms with Crippen molar-refractivity contribution in [2.45, 2.75) is 124 Å². The predicted molar refractivity (Wildman–Crippen MR) is 127 cm³/mol. The minimum absolute atomic E-state index is 0.133. The van der Waals surface area contributed by atoms with Crippen molar-refractivity contribution in [3.63, 3.8) is 0 Å². The van der Waals surface area contributed by atoms with E-state index in [4.69, 9.17) is 4.74 Å². The van der Waals surface area contributed by atoms with Crippen molar-refractivity contribution in [1.29, 1.82) is 0 Å². The summed E-state index contributed by atoms with van der Waals surface area (Å²) in [6.45, 7) is 17.6. The molecular weight excluding hydrogens is 392 g/mol. The summed E-state index contributed by atoms with van der Waals surface area (Å²) in [7, 11) is 0. The Morgan fingerprint density at radius 3 is 2.28 bits per heavy atom. The van der Waals surface area contributed by atoms with Crippen LogP contribution in [0.2, 0.25) is 0 Å². The Kier molecular flexibility index (Phi) is 3.53. The van der Waals surface area contributed by atoms with Gasteiger partial charge in [-0.1, -0.05) is 48.5 Å². The number of ketones is 1. The molecule has 7 aliphatic rings. The van der Waals surface area contributed by atoms with Crippen LogP contribution in [0.3, 0.4) is 0 Å². The van der Waals surface area contributed by atoms with Gasteiger partial charge < -0.3 is 4.74 Å². The molecule has 2 bridgehead atoms. The van der Waals surface area contributed by atoms with Gasteiger partial charge in [0, 0.05) is 17.3 Å². The minimum atomic E-state index is -0.133. The van der Waals surface area contributed by atoms with Crippen LogP contribution in [0, 0.1) is 56.2 Å². The van der Waals surface area contributed by atoms with E-state index in [0.717, 1.165) is 30.6 Å². The summed E-state index contributed by atoms with van der Waals surface area (Å²) in [5.74, 6) is 3.52. The van der Waals surface area contributed by atoms with Crippen molar-refractivity contribution in [2.24, 2.45) is 56.2 Å². The average molecular weight is 439 g/mol. The third-order valence-electron chi connectivity index (χ3n) is 14.4. The highest BCUT2D eigenvalue weighted by Gasteiger charge is 2.87. The highest BCUT2D eigenvalue weighted by Crippen LogP contribution is 2.87. The summed E-state index contributed by atoms with van der Waals surface area (Å²) in [5.41, 5.74) is 2.21. The van der Waals surface area contributed by atoms with E-state index in [9.17, 15) is 4.79 Å². The van der Waals surface area contributed by atoms with Crippen LogP contribution < -0.4 is 0 Å². The highest BCUT2D eigenvalue weighted by molar-refractivity contribution is 5.85. The molecule has 9 unspecified atom stereocenters. The maximum atomic E-state index is 12.9. The third kappa shape index (κ3) is 1.91. The molecule has 5 saturated carbocycles. The summed E-state index contributed by atoms with van der Waals surface area (Å²) in [4.78, 5) is 12.9. The van der Waals surface area contributed by atoms with Gasteiger partial charge in [-0.05, 0) is 103 Å². The molecule has 0 radical (unpaired) electrons. The molecule has 2 heteroatoms. The number of carbonyl (C=O) groups excluding carboxylic acids is 1. The predicted octanol–water partition coefficient (Wildman–Crippen LogP) is 7.20. The first-order valence-electron chi connectivity index (χ1n) is 14.0. The Morgan fingerprint density at radius 1 is 0.781 bits per heavy atom. The van der Waals surface area contributed by atoms with Crippen LogP contribution in [-0.2, 0) is 9.53 Å². The lowest BCUT2D eigenvalue weighted by molar-refractivity contribution is -0.232. The molecule has 0 amide bonds. The van der Waals surface area contributed by atoms with E-state index in [1.165, 1.54) is 51.4 Å². The first-order valence-corrected chi connectivity index (χ1v) is 14.0. The normalized spacial score (nSPS) is 63.0. The Balaban J connectivity index is 1.29. The molecule has 0 aromatic carbocycles. The van der Waals surface area contributed by atoms with Crippen LogP contribution in [0.1, 0.15) is 113 Å². The Labute approximate surface area is 196 Å². The van der Waals surface area contributed by atoms with Gasteiger partial charge in [0.1, 0.15) is 5.78 Å². The summed E-state index contributed by atoms with van der Waals surface area (Å²) in [5, 5.41) is 0. The molecule has 2 spiro atoms. The molecule has 7 rings (SSSR count). The summed E-state index contributed by atoms with van der Waals surface area (Å²) in [6.07, 6.45) is 13.4. The lowest BCUT2D eigenvalue weighted by Crippen LogP contribution is -2.66. The van der Waals surface area contributed by atoms with Gasteiger partial charge in [-0.3, -0.25) is 4.79 Å². The second kappa shape index (κ2) is 5.39. The second-order valence-corrected chi connectivity index (χ2v) is 15.9. The summed E-state index contributed by atoms with van der Waals surface area (Å²) >= 11 is 0. The molecule has 2 nitrogen and oxygen atoms in total. The van der Waals surface area contributed by atoms with E-state index >= 15 is 0 Å². The first kappa shape index (κ1) is 21.0. The first-order chi connectivity index (χ1) is 14.8. The summed E-state index contributed by atoms with van der Waals surface area (Å²) < 4.78 is 6.96. The van der Waals surface area contributed by atoms with Crippen LogP contribution in [0.15, 0.2) is 0 Å². The van der Waals surface area contributed by atoms with E-state index in [2.05, 4.69) is 48.5 Å². The number of hydrogen-bond acceptors (Lipinski definition) is 2. The molecule has 2 heterocycles. The van der Waals surface area contributed by atoms with E-state index in [0.29, 0.717) is 44.9 Å². The zero-order valence-electron chi connectivity index (χ0n) is 21.8. The summed E-state index contributed by atoms with van der Waals surface area (Å²) in [6, 6.07) is 0. The van der Waals surface area contributed by atoms with Crippen molar-refractivity contribution in [3.8, 4) is 0 Å². The Morgan fingerprint density at radius 2 is 1.53 bits per heavy atom. The van der Waals surface area contributed by atoms with Gasteiger partial charge in [0.2, 0.25) is 0 Å². The lowest BCUT2D eigenvalue weighted by Gasteiger charge is -2.72. The van der Waals surface area contributed by atoms with Crippen molar-refractivity contribution in [2.75, 3.05) is 0 Å². The Hall–Kier alpha value is -0.370. The quantitative estimate of drug-likeness (QED) is 0.400. The highest BCUT2D eigenvalue weighted by atomic mass is 16.5. The van der Waals surface area contributed by atoms with Crippen molar-refractivity contribution < 1.29 is 9.53 Å². The van der Waals surface area contributed by atoms with E-state index in [-0.39, 0.29) is 11.0 Å². The van der Waals surface area contributed by atoms with Crippen LogP contribution >= 0.6 is 0 Å². The molecule has 0 aromatic rings. The lowest BCUT2D eigenvalue weighted by atomic mass is 9.32. The molecule has 32 heavy (non-hydrogen) atoms. The van der Waals surface area contributed by atoms with Crippen molar-refractivity contribution in [1.82, 2.24) is 0 Å². The van der Waals surface area contributed by atoms with Crippen LogP contribution in [0.25, 0.3) is 0 Å². The number of carbonyl (C=O) groups is 1. The SMILES string of the molecule is CC1(C)CC23CC24CCC2(C)C(CCC5C6(C)CCC(=O)C(C)(C)C6CC[C@]52C)C4C1O3. The standard InChI is InChI=1S/C30H46O2/c1-24(2)16-30-17-29(30)15-14-27(6)18(22(29)23(24)32-30)8-9-20-26(5)12-11-21(31)25(3,4)19(26)10-13-28(20,27)7/h18-20,22-23H,8-17H2,1-7H3/t18?,19?,20?,22?,23?,26?,27?,28-,29?,30?/m1/s1. The smallest absolute Gasteiger partial charge is 0.138 e.